The molecule has 4 nitrogen and oxygen atoms in total. The number of amides is 1. The molecule has 0 spiro atoms. The average Bonchev–Trinajstić information content (AvgIpc) is 2.39. The largest absolute Gasteiger partial charge is 0.465 e. The van der Waals surface area contributed by atoms with Crippen molar-refractivity contribution in [3.8, 4) is 0 Å². The summed E-state index contributed by atoms with van der Waals surface area (Å²) in [6.45, 7) is 0. The third-order valence-corrected chi connectivity index (χ3v) is 2.21. The van der Waals surface area contributed by atoms with E-state index in [0.717, 1.165) is 13.2 Å². The van der Waals surface area contributed by atoms with Gasteiger partial charge < -0.3 is 10.1 Å². The van der Waals surface area contributed by atoms with Gasteiger partial charge in [0, 0.05) is 5.69 Å². The molecular weight excluding hydrogens is 289 g/mol. The first-order valence-corrected chi connectivity index (χ1v) is 5.05. The lowest BCUT2D eigenvalue weighted by atomic mass is 10.2. The summed E-state index contributed by atoms with van der Waals surface area (Å²) in [7, 11) is 0.956. The number of alkyl halides is 4. The SMILES string of the molecule is COC(=O)c1cc(NC(=O)C(F)(F)C(F)F)ccc1F. The van der Waals surface area contributed by atoms with Gasteiger partial charge in [-0.2, -0.15) is 8.78 Å². The summed E-state index contributed by atoms with van der Waals surface area (Å²) in [6.07, 6.45) is -4.19. The van der Waals surface area contributed by atoms with Gasteiger partial charge in [-0.15, -0.1) is 0 Å². The fourth-order valence-corrected chi connectivity index (χ4v) is 1.18. The van der Waals surface area contributed by atoms with Gasteiger partial charge in [0.05, 0.1) is 12.7 Å². The smallest absolute Gasteiger partial charge is 0.383 e. The highest BCUT2D eigenvalue weighted by Crippen LogP contribution is 2.25. The van der Waals surface area contributed by atoms with E-state index in [2.05, 4.69) is 4.74 Å². The monoisotopic (exact) mass is 297 g/mol. The van der Waals surface area contributed by atoms with E-state index in [0.29, 0.717) is 12.1 Å². The lowest BCUT2D eigenvalue weighted by molar-refractivity contribution is -0.163. The van der Waals surface area contributed by atoms with Crippen molar-refractivity contribution in [3.63, 3.8) is 0 Å². The van der Waals surface area contributed by atoms with Crippen LogP contribution in [0.3, 0.4) is 0 Å². The molecule has 0 aliphatic carbocycles. The van der Waals surface area contributed by atoms with Crippen molar-refractivity contribution in [1.29, 1.82) is 0 Å². The molecule has 0 aromatic heterocycles. The average molecular weight is 297 g/mol. The Labute approximate surface area is 109 Å². The maximum absolute atomic E-state index is 13.2. The summed E-state index contributed by atoms with van der Waals surface area (Å²) in [6, 6.07) is 2.23. The summed E-state index contributed by atoms with van der Waals surface area (Å²) in [5.74, 6) is -9.30. The van der Waals surface area contributed by atoms with E-state index in [9.17, 15) is 31.5 Å². The van der Waals surface area contributed by atoms with Crippen LogP contribution in [0.2, 0.25) is 0 Å². The van der Waals surface area contributed by atoms with Gasteiger partial charge in [0.1, 0.15) is 5.82 Å². The molecule has 20 heavy (non-hydrogen) atoms. The lowest BCUT2D eigenvalue weighted by Gasteiger charge is -2.15. The zero-order chi connectivity index (χ0) is 15.5. The normalized spacial score (nSPS) is 11.3. The first-order valence-electron chi connectivity index (χ1n) is 5.05. The highest BCUT2D eigenvalue weighted by Gasteiger charge is 2.49. The van der Waals surface area contributed by atoms with Crippen LogP contribution in [0.5, 0.6) is 0 Å². The van der Waals surface area contributed by atoms with Gasteiger partial charge in [-0.05, 0) is 18.2 Å². The maximum Gasteiger partial charge on any atom is 0.383 e. The second-order valence-corrected chi connectivity index (χ2v) is 3.56. The van der Waals surface area contributed by atoms with E-state index in [-0.39, 0.29) is 0 Å². The number of anilines is 1. The van der Waals surface area contributed by atoms with Crippen LogP contribution in [0, 0.1) is 5.82 Å². The van der Waals surface area contributed by atoms with E-state index in [1.54, 1.807) is 0 Å². The molecule has 0 aliphatic heterocycles. The van der Waals surface area contributed by atoms with E-state index in [1.807, 2.05) is 0 Å². The number of esters is 1. The molecule has 1 amide bonds. The Hall–Kier alpha value is -2.19. The van der Waals surface area contributed by atoms with Crippen molar-refractivity contribution >= 4 is 17.6 Å². The Morgan fingerprint density at radius 3 is 2.40 bits per heavy atom. The van der Waals surface area contributed by atoms with E-state index in [4.69, 9.17) is 0 Å². The summed E-state index contributed by atoms with van der Waals surface area (Å²) in [4.78, 5) is 22.1. The molecule has 0 atom stereocenters. The number of rotatable bonds is 4. The second-order valence-electron chi connectivity index (χ2n) is 3.56. The van der Waals surface area contributed by atoms with Crippen LogP contribution < -0.4 is 5.32 Å². The second kappa shape index (κ2) is 5.85. The molecule has 9 heteroatoms. The van der Waals surface area contributed by atoms with Gasteiger partial charge in [0.2, 0.25) is 0 Å². The minimum Gasteiger partial charge on any atom is -0.465 e. The van der Waals surface area contributed by atoms with Crippen LogP contribution in [0.25, 0.3) is 0 Å². The molecule has 1 N–H and O–H groups in total. The van der Waals surface area contributed by atoms with E-state index in [1.165, 1.54) is 5.32 Å². The van der Waals surface area contributed by atoms with E-state index >= 15 is 0 Å². The summed E-state index contributed by atoms with van der Waals surface area (Å²) in [5.41, 5.74) is -1.08. The Morgan fingerprint density at radius 1 is 1.30 bits per heavy atom. The molecule has 0 radical (unpaired) electrons. The number of carbonyl (C=O) groups excluding carboxylic acids is 2. The summed E-state index contributed by atoms with van der Waals surface area (Å²) in [5, 5.41) is 1.47. The van der Waals surface area contributed by atoms with E-state index < -0.39 is 41.3 Å². The number of ether oxygens (including phenoxy) is 1. The molecule has 0 saturated heterocycles. The zero-order valence-electron chi connectivity index (χ0n) is 9.92. The first-order chi connectivity index (χ1) is 9.20. The third-order valence-electron chi connectivity index (χ3n) is 2.21. The van der Waals surface area contributed by atoms with Crippen LogP contribution in [0.15, 0.2) is 18.2 Å². The van der Waals surface area contributed by atoms with Crippen molar-refractivity contribution < 1.29 is 36.3 Å². The number of hydrogen-bond acceptors (Lipinski definition) is 3. The number of halogens is 5. The standard InChI is InChI=1S/C11H8F5NO3/c1-20-8(18)6-4-5(2-3-7(6)12)17-10(19)11(15,16)9(13)14/h2-4,9H,1H3,(H,17,19). The highest BCUT2D eigenvalue weighted by atomic mass is 19.3. The van der Waals surface area contributed by atoms with Crippen LogP contribution in [-0.4, -0.2) is 31.3 Å². The van der Waals surface area contributed by atoms with Gasteiger partial charge in [0.15, 0.2) is 0 Å². The number of methoxy groups -OCH3 is 1. The molecule has 110 valence electrons. The fraction of sp³-hybridized carbons (Fsp3) is 0.273. The Kier molecular flexibility index (Phi) is 4.64. The molecule has 0 bridgehead atoms. The van der Waals surface area contributed by atoms with Crippen LogP contribution in [0.4, 0.5) is 27.6 Å². The van der Waals surface area contributed by atoms with Crippen LogP contribution >= 0.6 is 0 Å². The van der Waals surface area contributed by atoms with Crippen molar-refractivity contribution in [2.24, 2.45) is 0 Å². The molecule has 1 rings (SSSR count). The molecule has 0 heterocycles. The molecule has 1 aromatic rings. The first kappa shape index (κ1) is 15.9. The molecule has 1 aromatic carbocycles. The minimum atomic E-state index is -4.90. The molecule has 0 aliphatic rings. The quantitative estimate of drug-likeness (QED) is 0.686. The van der Waals surface area contributed by atoms with Gasteiger partial charge in [-0.3, -0.25) is 4.79 Å². The topological polar surface area (TPSA) is 55.4 Å². The summed E-state index contributed by atoms with van der Waals surface area (Å²) >= 11 is 0. The fourth-order valence-electron chi connectivity index (χ4n) is 1.18. The number of hydrogen-bond donors (Lipinski definition) is 1. The molecule has 0 unspecified atom stereocenters. The lowest BCUT2D eigenvalue weighted by Crippen LogP contribution is -2.41. The van der Waals surface area contributed by atoms with Gasteiger partial charge in [-0.1, -0.05) is 0 Å². The van der Waals surface area contributed by atoms with Crippen molar-refractivity contribution in [1.82, 2.24) is 0 Å². The minimum absolute atomic E-state index is 0.447. The molecule has 0 saturated carbocycles. The van der Waals surface area contributed by atoms with Crippen molar-refractivity contribution in [3.05, 3.63) is 29.6 Å². The maximum atomic E-state index is 13.2. The Morgan fingerprint density at radius 2 is 1.90 bits per heavy atom. The number of nitrogens with one attached hydrogen (secondary N) is 1. The van der Waals surface area contributed by atoms with Crippen molar-refractivity contribution in [2.75, 3.05) is 12.4 Å². The third kappa shape index (κ3) is 3.22. The predicted molar refractivity (Wildman–Crippen MR) is 57.3 cm³/mol. The zero-order valence-corrected chi connectivity index (χ0v) is 9.92. The number of benzene rings is 1. The number of carbonyl (C=O) groups is 2. The van der Waals surface area contributed by atoms with Crippen LogP contribution in [-0.2, 0) is 9.53 Å². The van der Waals surface area contributed by atoms with Crippen LogP contribution in [0.1, 0.15) is 10.4 Å². The highest BCUT2D eigenvalue weighted by molar-refractivity contribution is 5.98. The van der Waals surface area contributed by atoms with Gasteiger partial charge >= 0.3 is 24.2 Å². The molecular formula is C11H8F5NO3. The Balaban J connectivity index is 3.00. The summed E-state index contributed by atoms with van der Waals surface area (Å²) < 4.78 is 66.7. The van der Waals surface area contributed by atoms with Crippen molar-refractivity contribution in [2.45, 2.75) is 12.3 Å². The Bertz CT molecular complexity index is 533. The molecule has 0 fully saturated rings. The van der Waals surface area contributed by atoms with Gasteiger partial charge in [0.25, 0.3) is 0 Å². The van der Waals surface area contributed by atoms with Gasteiger partial charge in [-0.25, -0.2) is 18.0 Å². The predicted octanol–water partition coefficient (Wildman–Crippen LogP) is 2.45.